The summed E-state index contributed by atoms with van der Waals surface area (Å²) in [6, 6.07) is 0. The van der Waals surface area contributed by atoms with Crippen molar-refractivity contribution in [3.05, 3.63) is 27.1 Å². The zero-order valence-corrected chi connectivity index (χ0v) is 12.1. The van der Waals surface area contributed by atoms with Gasteiger partial charge in [0.2, 0.25) is 5.91 Å². The van der Waals surface area contributed by atoms with Crippen molar-refractivity contribution in [3.8, 4) is 0 Å². The van der Waals surface area contributed by atoms with Crippen LogP contribution in [-0.2, 0) is 11.3 Å². The molecular formula is C12H12F3N3O2S. The van der Waals surface area contributed by atoms with E-state index in [1.54, 1.807) is 12.2 Å². The molecule has 2 rings (SSSR count). The van der Waals surface area contributed by atoms with Crippen LogP contribution in [0.2, 0.25) is 0 Å². The second-order valence-corrected chi connectivity index (χ2v) is 5.74. The van der Waals surface area contributed by atoms with Gasteiger partial charge in [0.25, 0.3) is 5.56 Å². The SMILES string of the molecule is Cc1sc2ncn(CC(=O)NCC(F)(F)F)c(=O)c2c1C. The fraction of sp³-hybridized carbons (Fsp3) is 0.417. The Morgan fingerprint density at radius 3 is 2.71 bits per heavy atom. The minimum atomic E-state index is -4.48. The molecule has 5 nitrogen and oxygen atoms in total. The lowest BCUT2D eigenvalue weighted by molar-refractivity contribution is -0.138. The Morgan fingerprint density at radius 2 is 2.10 bits per heavy atom. The lowest BCUT2D eigenvalue weighted by Gasteiger charge is -2.09. The van der Waals surface area contributed by atoms with Gasteiger partial charge in [-0.05, 0) is 19.4 Å². The Kier molecular flexibility index (Phi) is 4.04. The van der Waals surface area contributed by atoms with E-state index in [9.17, 15) is 22.8 Å². The number of hydrogen-bond donors (Lipinski definition) is 1. The van der Waals surface area contributed by atoms with Crippen molar-refractivity contribution in [2.45, 2.75) is 26.6 Å². The number of alkyl halides is 3. The molecular weight excluding hydrogens is 307 g/mol. The first-order valence-corrected chi connectivity index (χ1v) is 6.79. The van der Waals surface area contributed by atoms with E-state index in [1.807, 2.05) is 6.92 Å². The van der Waals surface area contributed by atoms with Gasteiger partial charge in [0, 0.05) is 4.88 Å². The molecule has 21 heavy (non-hydrogen) atoms. The van der Waals surface area contributed by atoms with Crippen LogP contribution < -0.4 is 10.9 Å². The van der Waals surface area contributed by atoms with Gasteiger partial charge in [0.1, 0.15) is 17.9 Å². The maximum atomic E-state index is 12.2. The Morgan fingerprint density at radius 1 is 1.43 bits per heavy atom. The highest BCUT2D eigenvalue weighted by molar-refractivity contribution is 7.18. The third-order valence-corrected chi connectivity index (χ3v) is 4.07. The lowest BCUT2D eigenvalue weighted by Crippen LogP contribution is -2.37. The van der Waals surface area contributed by atoms with Gasteiger partial charge in [0.05, 0.1) is 11.7 Å². The Balaban J connectivity index is 2.23. The summed E-state index contributed by atoms with van der Waals surface area (Å²) in [7, 11) is 0. The average molecular weight is 319 g/mol. The average Bonchev–Trinajstić information content (AvgIpc) is 2.66. The first-order chi connectivity index (χ1) is 9.69. The summed E-state index contributed by atoms with van der Waals surface area (Å²) in [6.45, 7) is 1.70. The van der Waals surface area contributed by atoms with Crippen molar-refractivity contribution in [1.29, 1.82) is 0 Å². The van der Waals surface area contributed by atoms with E-state index >= 15 is 0 Å². The highest BCUT2D eigenvalue weighted by Crippen LogP contribution is 2.25. The van der Waals surface area contributed by atoms with Crippen LogP contribution in [0.3, 0.4) is 0 Å². The first kappa shape index (κ1) is 15.5. The number of thiophene rings is 1. The van der Waals surface area contributed by atoms with Gasteiger partial charge in [-0.1, -0.05) is 0 Å². The Hall–Kier alpha value is -1.90. The van der Waals surface area contributed by atoms with Crippen molar-refractivity contribution in [3.63, 3.8) is 0 Å². The topological polar surface area (TPSA) is 64.0 Å². The predicted octanol–water partition coefficient (Wildman–Crippen LogP) is 1.75. The largest absolute Gasteiger partial charge is 0.405 e. The number of aryl methyl sites for hydroxylation is 2. The van der Waals surface area contributed by atoms with Crippen molar-refractivity contribution in [2.24, 2.45) is 0 Å². The number of carbonyl (C=O) groups excluding carboxylic acids is 1. The Labute approximate surface area is 121 Å². The summed E-state index contributed by atoms with van der Waals surface area (Å²) in [4.78, 5) is 29.2. The number of carbonyl (C=O) groups is 1. The quantitative estimate of drug-likeness (QED) is 0.937. The van der Waals surface area contributed by atoms with Crippen LogP contribution in [0.1, 0.15) is 10.4 Å². The third-order valence-electron chi connectivity index (χ3n) is 2.96. The van der Waals surface area contributed by atoms with Crippen LogP contribution in [0, 0.1) is 13.8 Å². The molecule has 0 spiro atoms. The van der Waals surface area contributed by atoms with Gasteiger partial charge < -0.3 is 5.32 Å². The van der Waals surface area contributed by atoms with Gasteiger partial charge >= 0.3 is 6.18 Å². The summed E-state index contributed by atoms with van der Waals surface area (Å²) in [5.41, 5.74) is 0.349. The fourth-order valence-electron chi connectivity index (χ4n) is 1.79. The second-order valence-electron chi connectivity index (χ2n) is 4.53. The summed E-state index contributed by atoms with van der Waals surface area (Å²) in [5.74, 6) is -0.889. The minimum absolute atomic E-state index is 0.406. The molecule has 0 aliphatic heterocycles. The highest BCUT2D eigenvalue weighted by Gasteiger charge is 2.27. The third kappa shape index (κ3) is 3.41. The van der Waals surface area contributed by atoms with E-state index in [1.165, 1.54) is 17.7 Å². The second kappa shape index (κ2) is 5.47. The summed E-state index contributed by atoms with van der Waals surface area (Å²) in [5, 5.41) is 2.12. The molecule has 0 saturated heterocycles. The van der Waals surface area contributed by atoms with Gasteiger partial charge in [-0.25, -0.2) is 4.98 Å². The molecule has 0 fully saturated rings. The number of rotatable bonds is 3. The zero-order chi connectivity index (χ0) is 15.8. The van der Waals surface area contributed by atoms with Crippen LogP contribution in [-0.4, -0.2) is 28.2 Å². The van der Waals surface area contributed by atoms with E-state index < -0.39 is 30.7 Å². The highest BCUT2D eigenvalue weighted by atomic mass is 32.1. The number of halogens is 3. The molecule has 1 N–H and O–H groups in total. The van der Waals surface area contributed by atoms with Gasteiger partial charge in [-0.15, -0.1) is 11.3 Å². The van der Waals surface area contributed by atoms with Crippen molar-refractivity contribution >= 4 is 27.5 Å². The smallest absolute Gasteiger partial charge is 0.345 e. The molecule has 9 heteroatoms. The van der Waals surface area contributed by atoms with Crippen molar-refractivity contribution in [2.75, 3.05) is 6.54 Å². The van der Waals surface area contributed by atoms with Crippen LogP contribution in [0.25, 0.3) is 10.2 Å². The number of aromatic nitrogens is 2. The van der Waals surface area contributed by atoms with E-state index in [4.69, 9.17) is 0 Å². The predicted molar refractivity (Wildman–Crippen MR) is 72.4 cm³/mol. The molecule has 2 aromatic rings. The maximum Gasteiger partial charge on any atom is 0.405 e. The van der Waals surface area contributed by atoms with E-state index in [0.29, 0.717) is 10.2 Å². The van der Waals surface area contributed by atoms with E-state index in [2.05, 4.69) is 4.98 Å². The van der Waals surface area contributed by atoms with E-state index in [0.717, 1.165) is 15.0 Å². The number of fused-ring (bicyclic) bond motifs is 1. The van der Waals surface area contributed by atoms with Crippen molar-refractivity contribution < 1.29 is 18.0 Å². The van der Waals surface area contributed by atoms with Crippen LogP contribution >= 0.6 is 11.3 Å². The molecule has 0 saturated carbocycles. The number of nitrogens with zero attached hydrogens (tertiary/aromatic N) is 2. The molecule has 0 aliphatic rings. The number of hydrogen-bond acceptors (Lipinski definition) is 4. The first-order valence-electron chi connectivity index (χ1n) is 5.97. The molecule has 0 bridgehead atoms. The van der Waals surface area contributed by atoms with Gasteiger partial charge in [0.15, 0.2) is 0 Å². The molecule has 0 atom stereocenters. The van der Waals surface area contributed by atoms with Gasteiger partial charge in [-0.2, -0.15) is 13.2 Å². The minimum Gasteiger partial charge on any atom is -0.345 e. The monoisotopic (exact) mass is 319 g/mol. The molecule has 0 radical (unpaired) electrons. The van der Waals surface area contributed by atoms with Crippen LogP contribution in [0.4, 0.5) is 13.2 Å². The molecule has 2 heterocycles. The summed E-state index contributed by atoms with van der Waals surface area (Å²) >= 11 is 1.36. The molecule has 1 amide bonds. The van der Waals surface area contributed by atoms with Crippen molar-refractivity contribution in [1.82, 2.24) is 14.9 Å². The van der Waals surface area contributed by atoms with E-state index in [-0.39, 0.29) is 0 Å². The fourth-order valence-corrected chi connectivity index (χ4v) is 2.78. The lowest BCUT2D eigenvalue weighted by atomic mass is 10.2. The van der Waals surface area contributed by atoms with Crippen LogP contribution in [0.15, 0.2) is 11.1 Å². The Bertz CT molecular complexity index is 749. The molecule has 0 aliphatic carbocycles. The molecule has 0 unspecified atom stereocenters. The summed E-state index contributed by atoms with van der Waals surface area (Å²) in [6.07, 6.45) is -3.31. The van der Waals surface area contributed by atoms with Gasteiger partial charge in [-0.3, -0.25) is 14.2 Å². The molecule has 0 aromatic carbocycles. The standard InChI is InChI=1S/C12H12F3N3O2S/c1-6-7(2)21-10-9(6)11(20)18(5-17-10)3-8(19)16-4-12(13,14)15/h5H,3-4H2,1-2H3,(H,16,19). The number of nitrogens with one attached hydrogen (secondary N) is 1. The maximum absolute atomic E-state index is 12.2. The molecule has 2 aromatic heterocycles. The van der Waals surface area contributed by atoms with Crippen LogP contribution in [0.5, 0.6) is 0 Å². The number of amides is 1. The normalized spacial score (nSPS) is 11.9. The molecule has 114 valence electrons. The zero-order valence-electron chi connectivity index (χ0n) is 11.2. The summed E-state index contributed by atoms with van der Waals surface area (Å²) < 4.78 is 37.0.